The molecule has 0 saturated carbocycles. The summed E-state index contributed by atoms with van der Waals surface area (Å²) in [7, 11) is 0. The highest BCUT2D eigenvalue weighted by Crippen LogP contribution is 2.32. The number of aromatic amines is 1. The van der Waals surface area contributed by atoms with E-state index in [0.29, 0.717) is 10.6 Å². The Kier molecular flexibility index (Phi) is 6.03. The lowest BCUT2D eigenvalue weighted by atomic mass is 10.1. The Morgan fingerprint density at radius 3 is 2.61 bits per heavy atom. The number of nitrogens with one attached hydrogen (secondary N) is 1. The standard InChI is InChI=1S/C20H15N5O5S/c1-11-3-4-13(7-12(11)2)24-19(27)15(18(26)23-20(24)28)9-22-16-6-5-14(31-10-21)8-17(16)25(29)30/h3-9,27H,1-2H3,(H,23,26,28). The van der Waals surface area contributed by atoms with Crippen molar-refractivity contribution in [2.75, 3.05) is 0 Å². The number of nitro benzene ring substituents is 1. The van der Waals surface area contributed by atoms with Gasteiger partial charge in [-0.25, -0.2) is 14.4 Å². The second kappa shape index (κ2) is 8.68. The van der Waals surface area contributed by atoms with Crippen LogP contribution in [0.5, 0.6) is 5.88 Å². The first-order valence-electron chi connectivity index (χ1n) is 8.77. The van der Waals surface area contributed by atoms with E-state index in [1.54, 1.807) is 18.2 Å². The summed E-state index contributed by atoms with van der Waals surface area (Å²) < 4.78 is 0.913. The molecule has 11 heteroatoms. The zero-order valence-corrected chi connectivity index (χ0v) is 17.1. The fourth-order valence-electron chi connectivity index (χ4n) is 2.77. The number of thioether (sulfide) groups is 1. The van der Waals surface area contributed by atoms with Crippen molar-refractivity contribution in [3.63, 3.8) is 0 Å². The zero-order chi connectivity index (χ0) is 22.7. The number of aromatic nitrogens is 2. The molecule has 1 aromatic heterocycles. The van der Waals surface area contributed by atoms with Gasteiger partial charge in [-0.1, -0.05) is 6.07 Å². The van der Waals surface area contributed by atoms with E-state index in [9.17, 15) is 24.8 Å². The lowest BCUT2D eigenvalue weighted by Gasteiger charge is -2.11. The van der Waals surface area contributed by atoms with Crippen molar-refractivity contribution >= 4 is 29.4 Å². The highest BCUT2D eigenvalue weighted by Gasteiger charge is 2.17. The SMILES string of the molecule is Cc1ccc(-n2c(O)c(C=Nc3ccc(SC#N)cc3[N+](=O)[O-])c(=O)[nH]c2=O)cc1C. The summed E-state index contributed by atoms with van der Waals surface area (Å²) in [5, 5.41) is 32.5. The fraction of sp³-hybridized carbons (Fsp3) is 0.100. The first-order chi connectivity index (χ1) is 14.7. The van der Waals surface area contributed by atoms with E-state index < -0.39 is 22.1 Å². The van der Waals surface area contributed by atoms with E-state index >= 15 is 0 Å². The monoisotopic (exact) mass is 437 g/mol. The predicted octanol–water partition coefficient (Wildman–Crippen LogP) is 3.08. The summed E-state index contributed by atoms with van der Waals surface area (Å²) in [4.78, 5) is 41.7. The highest BCUT2D eigenvalue weighted by molar-refractivity contribution is 8.03. The maximum atomic E-state index is 12.3. The van der Waals surface area contributed by atoms with Gasteiger partial charge in [0.1, 0.15) is 16.7 Å². The molecule has 10 nitrogen and oxygen atoms in total. The van der Waals surface area contributed by atoms with Crippen molar-refractivity contribution in [2.24, 2.45) is 4.99 Å². The average Bonchev–Trinajstić information content (AvgIpc) is 2.71. The molecule has 0 amide bonds. The van der Waals surface area contributed by atoms with Crippen LogP contribution in [0.3, 0.4) is 0 Å². The minimum Gasteiger partial charge on any atom is -0.493 e. The summed E-state index contributed by atoms with van der Waals surface area (Å²) in [5.74, 6) is -0.653. The first kappa shape index (κ1) is 21.5. The van der Waals surface area contributed by atoms with Crippen LogP contribution in [-0.4, -0.2) is 25.8 Å². The molecule has 0 saturated heterocycles. The molecule has 0 aliphatic rings. The van der Waals surface area contributed by atoms with Crippen molar-refractivity contribution < 1.29 is 10.0 Å². The number of H-pyrrole nitrogens is 1. The summed E-state index contributed by atoms with van der Waals surface area (Å²) in [6, 6.07) is 9.01. The van der Waals surface area contributed by atoms with Crippen LogP contribution in [0.15, 0.2) is 55.9 Å². The van der Waals surface area contributed by atoms with Crippen LogP contribution in [0.4, 0.5) is 11.4 Å². The molecule has 3 aromatic rings. The topological polar surface area (TPSA) is 154 Å². The van der Waals surface area contributed by atoms with Gasteiger partial charge in [0.15, 0.2) is 0 Å². The number of nitrogens with zero attached hydrogens (tertiary/aromatic N) is 4. The van der Waals surface area contributed by atoms with E-state index in [2.05, 4.69) is 9.98 Å². The van der Waals surface area contributed by atoms with Gasteiger partial charge in [0.05, 0.1) is 10.6 Å². The molecule has 0 bridgehead atoms. The van der Waals surface area contributed by atoms with Crippen LogP contribution in [0.2, 0.25) is 0 Å². The molecule has 0 fully saturated rings. The second-order valence-electron chi connectivity index (χ2n) is 6.46. The highest BCUT2D eigenvalue weighted by atomic mass is 32.2. The van der Waals surface area contributed by atoms with Gasteiger partial charge in [0, 0.05) is 17.2 Å². The molecule has 0 spiro atoms. The average molecular weight is 437 g/mol. The fourth-order valence-corrected chi connectivity index (χ4v) is 3.18. The number of nitriles is 1. The Morgan fingerprint density at radius 1 is 1.23 bits per heavy atom. The molecule has 0 atom stereocenters. The van der Waals surface area contributed by atoms with Gasteiger partial charge in [-0.05, 0) is 61.0 Å². The van der Waals surface area contributed by atoms with Crippen LogP contribution in [-0.2, 0) is 0 Å². The maximum absolute atomic E-state index is 12.3. The maximum Gasteiger partial charge on any atom is 0.335 e. The van der Waals surface area contributed by atoms with Crippen LogP contribution in [0, 0.1) is 34.6 Å². The molecule has 2 N–H and O–H groups in total. The predicted molar refractivity (Wildman–Crippen MR) is 116 cm³/mol. The molecule has 31 heavy (non-hydrogen) atoms. The minimum atomic E-state index is -0.898. The van der Waals surface area contributed by atoms with E-state index in [0.717, 1.165) is 33.7 Å². The zero-order valence-electron chi connectivity index (χ0n) is 16.3. The largest absolute Gasteiger partial charge is 0.493 e. The Bertz CT molecular complexity index is 1380. The minimum absolute atomic E-state index is 0.0879. The first-order valence-corrected chi connectivity index (χ1v) is 9.59. The lowest BCUT2D eigenvalue weighted by molar-refractivity contribution is -0.384. The molecule has 2 aromatic carbocycles. The van der Waals surface area contributed by atoms with Crippen molar-refractivity contribution in [1.82, 2.24) is 9.55 Å². The van der Waals surface area contributed by atoms with Gasteiger partial charge in [0.2, 0.25) is 5.88 Å². The quantitative estimate of drug-likeness (QED) is 0.204. The number of aryl methyl sites for hydroxylation is 2. The van der Waals surface area contributed by atoms with Gasteiger partial charge in [-0.2, -0.15) is 5.26 Å². The van der Waals surface area contributed by atoms with Crippen molar-refractivity contribution in [3.8, 4) is 17.0 Å². The summed E-state index contributed by atoms with van der Waals surface area (Å²) in [5.41, 5.74) is -0.366. The number of aromatic hydroxyl groups is 1. The van der Waals surface area contributed by atoms with Crippen molar-refractivity contribution in [1.29, 1.82) is 5.26 Å². The summed E-state index contributed by atoms with van der Waals surface area (Å²) >= 11 is 0.754. The summed E-state index contributed by atoms with van der Waals surface area (Å²) in [6.07, 6.45) is 0.949. The molecule has 0 aliphatic carbocycles. The number of thiocyanates is 1. The van der Waals surface area contributed by atoms with Gasteiger partial charge >= 0.3 is 5.69 Å². The Morgan fingerprint density at radius 2 is 1.97 bits per heavy atom. The van der Waals surface area contributed by atoms with E-state index in [-0.39, 0.29) is 16.9 Å². The molecule has 0 radical (unpaired) electrons. The van der Waals surface area contributed by atoms with E-state index in [4.69, 9.17) is 5.26 Å². The number of aliphatic imine (C=N–C) groups is 1. The third-order valence-electron chi connectivity index (χ3n) is 4.51. The van der Waals surface area contributed by atoms with Crippen LogP contribution < -0.4 is 11.2 Å². The van der Waals surface area contributed by atoms with E-state index in [1.165, 1.54) is 18.2 Å². The van der Waals surface area contributed by atoms with Crippen molar-refractivity contribution in [3.05, 3.63) is 84.0 Å². The van der Waals surface area contributed by atoms with E-state index in [1.807, 2.05) is 19.2 Å². The number of hydrogen-bond acceptors (Lipinski definition) is 8. The normalized spacial score (nSPS) is 10.9. The Hall–Kier alpha value is -4.17. The van der Waals surface area contributed by atoms with Gasteiger partial charge in [-0.15, -0.1) is 0 Å². The van der Waals surface area contributed by atoms with Crippen LogP contribution in [0.1, 0.15) is 16.7 Å². The second-order valence-corrected chi connectivity index (χ2v) is 7.32. The number of rotatable bonds is 5. The number of hydrogen-bond donors (Lipinski definition) is 2. The van der Waals surface area contributed by atoms with Gasteiger partial charge < -0.3 is 5.11 Å². The summed E-state index contributed by atoms with van der Waals surface area (Å²) in [6.45, 7) is 3.72. The third kappa shape index (κ3) is 4.39. The molecular formula is C20H15N5O5S. The third-order valence-corrected chi connectivity index (χ3v) is 5.09. The lowest BCUT2D eigenvalue weighted by Crippen LogP contribution is -2.31. The Balaban J connectivity index is 2.13. The number of nitro groups is 1. The van der Waals surface area contributed by atoms with Gasteiger partial charge in [0.25, 0.3) is 11.2 Å². The van der Waals surface area contributed by atoms with Crippen LogP contribution in [0.25, 0.3) is 5.69 Å². The van der Waals surface area contributed by atoms with Crippen molar-refractivity contribution in [2.45, 2.75) is 18.7 Å². The molecule has 0 unspecified atom stereocenters. The molecule has 0 aliphatic heterocycles. The molecule has 156 valence electrons. The molecular weight excluding hydrogens is 422 g/mol. The van der Waals surface area contributed by atoms with Crippen LogP contribution >= 0.6 is 11.8 Å². The number of benzene rings is 2. The Labute approximate surface area is 179 Å². The molecule has 1 heterocycles. The molecule has 3 rings (SSSR count). The van der Waals surface area contributed by atoms with Gasteiger partial charge in [-0.3, -0.25) is 19.9 Å². The smallest absolute Gasteiger partial charge is 0.335 e.